The Kier molecular flexibility index (Phi) is 4.15. The van der Waals surface area contributed by atoms with Gasteiger partial charge in [0.25, 0.3) is 0 Å². The molecule has 1 aromatic heterocycles. The van der Waals surface area contributed by atoms with Crippen molar-refractivity contribution in [3.63, 3.8) is 0 Å². The normalized spacial score (nSPS) is 26.3. The molecule has 17 heavy (non-hydrogen) atoms. The largest absolute Gasteiger partial charge is 0.339 e. The second kappa shape index (κ2) is 5.63. The minimum absolute atomic E-state index is 0.257. The summed E-state index contributed by atoms with van der Waals surface area (Å²) in [4.78, 5) is 4.50. The van der Waals surface area contributed by atoms with Crippen molar-refractivity contribution in [1.82, 2.24) is 10.1 Å². The first-order valence-corrected chi connectivity index (χ1v) is 6.73. The van der Waals surface area contributed by atoms with Crippen molar-refractivity contribution in [3.8, 4) is 0 Å². The summed E-state index contributed by atoms with van der Waals surface area (Å²) in [7, 11) is 0. The van der Waals surface area contributed by atoms with Gasteiger partial charge in [-0.3, -0.25) is 0 Å². The van der Waals surface area contributed by atoms with Crippen LogP contribution >= 0.6 is 0 Å². The number of nitrogens with zero attached hydrogens (tertiary/aromatic N) is 2. The van der Waals surface area contributed by atoms with Crippen molar-refractivity contribution in [2.24, 2.45) is 11.7 Å². The molecule has 0 amide bonds. The summed E-state index contributed by atoms with van der Waals surface area (Å²) in [5, 5.41) is 4.11. The van der Waals surface area contributed by atoms with Gasteiger partial charge in [0, 0.05) is 18.4 Å². The van der Waals surface area contributed by atoms with Gasteiger partial charge in [0.05, 0.1) is 0 Å². The Labute approximate surface area is 103 Å². The highest BCUT2D eigenvalue weighted by atomic mass is 16.5. The third kappa shape index (κ3) is 3.53. The molecule has 1 saturated carbocycles. The molecule has 1 aromatic rings. The molecular formula is C13H23N3O. The van der Waals surface area contributed by atoms with E-state index in [1.54, 1.807) is 0 Å². The van der Waals surface area contributed by atoms with Crippen LogP contribution in [0.3, 0.4) is 0 Å². The first-order chi connectivity index (χ1) is 8.15. The maximum absolute atomic E-state index is 5.71. The van der Waals surface area contributed by atoms with Crippen LogP contribution < -0.4 is 5.73 Å². The van der Waals surface area contributed by atoms with Gasteiger partial charge in [0.1, 0.15) is 0 Å². The van der Waals surface area contributed by atoms with Gasteiger partial charge in [0.2, 0.25) is 5.89 Å². The van der Waals surface area contributed by atoms with Gasteiger partial charge in [0.15, 0.2) is 5.82 Å². The molecule has 3 unspecified atom stereocenters. The lowest BCUT2D eigenvalue weighted by molar-refractivity contribution is 0.364. The van der Waals surface area contributed by atoms with Gasteiger partial charge >= 0.3 is 0 Å². The van der Waals surface area contributed by atoms with Crippen LogP contribution in [0.15, 0.2) is 4.52 Å². The highest BCUT2D eigenvalue weighted by Gasteiger charge is 2.26. The molecule has 1 aliphatic carbocycles. The van der Waals surface area contributed by atoms with Crippen molar-refractivity contribution in [2.75, 3.05) is 0 Å². The first kappa shape index (κ1) is 12.6. The molecule has 4 nitrogen and oxygen atoms in total. The molecule has 0 bridgehead atoms. The Morgan fingerprint density at radius 3 is 2.94 bits per heavy atom. The van der Waals surface area contributed by atoms with E-state index in [0.717, 1.165) is 36.9 Å². The molecule has 1 heterocycles. The van der Waals surface area contributed by atoms with E-state index in [0.29, 0.717) is 5.92 Å². The molecule has 0 saturated heterocycles. The van der Waals surface area contributed by atoms with Crippen LogP contribution in [0, 0.1) is 5.92 Å². The van der Waals surface area contributed by atoms with Crippen LogP contribution in [0.2, 0.25) is 0 Å². The molecule has 2 rings (SSSR count). The summed E-state index contributed by atoms with van der Waals surface area (Å²) in [5.74, 6) is 3.03. The number of aryl methyl sites for hydroxylation is 1. The number of hydrogen-bond donors (Lipinski definition) is 1. The summed E-state index contributed by atoms with van der Waals surface area (Å²) in [5.41, 5.74) is 5.71. The zero-order chi connectivity index (χ0) is 12.3. The molecule has 3 atom stereocenters. The van der Waals surface area contributed by atoms with Crippen LogP contribution in [0.4, 0.5) is 0 Å². The van der Waals surface area contributed by atoms with Crippen molar-refractivity contribution < 1.29 is 4.52 Å². The second-order valence-corrected chi connectivity index (χ2v) is 5.53. The summed E-state index contributed by atoms with van der Waals surface area (Å²) >= 11 is 0. The minimum atomic E-state index is 0.257. The molecule has 4 heteroatoms. The summed E-state index contributed by atoms with van der Waals surface area (Å²) in [6.45, 7) is 4.32. The summed E-state index contributed by atoms with van der Waals surface area (Å²) in [6, 6.07) is 0.257. The van der Waals surface area contributed by atoms with E-state index in [1.807, 2.05) is 6.92 Å². The molecule has 2 N–H and O–H groups in total. The van der Waals surface area contributed by atoms with E-state index in [9.17, 15) is 0 Å². The third-order valence-electron chi connectivity index (χ3n) is 3.59. The second-order valence-electron chi connectivity index (χ2n) is 5.53. The number of hydrogen-bond acceptors (Lipinski definition) is 4. The van der Waals surface area contributed by atoms with Crippen LogP contribution in [-0.4, -0.2) is 16.2 Å². The summed E-state index contributed by atoms with van der Waals surface area (Å²) in [6.07, 6.45) is 6.60. The van der Waals surface area contributed by atoms with E-state index in [-0.39, 0.29) is 6.04 Å². The van der Waals surface area contributed by atoms with Crippen molar-refractivity contribution in [1.29, 1.82) is 0 Å². The van der Waals surface area contributed by atoms with Crippen molar-refractivity contribution >= 4 is 0 Å². The van der Waals surface area contributed by atoms with Crippen LogP contribution in [0.25, 0.3) is 0 Å². The summed E-state index contributed by atoms with van der Waals surface area (Å²) < 4.78 is 5.29. The van der Waals surface area contributed by atoms with Gasteiger partial charge < -0.3 is 10.3 Å². The van der Waals surface area contributed by atoms with E-state index in [4.69, 9.17) is 10.3 Å². The zero-order valence-electron chi connectivity index (χ0n) is 10.9. The Bertz CT molecular complexity index is 348. The first-order valence-electron chi connectivity index (χ1n) is 6.73. The molecular weight excluding hydrogens is 214 g/mol. The highest BCUT2D eigenvalue weighted by molar-refractivity contribution is 4.99. The number of rotatable bonds is 5. The fourth-order valence-electron chi connectivity index (χ4n) is 2.55. The molecule has 1 fully saturated rings. The molecule has 0 aromatic carbocycles. The Morgan fingerprint density at radius 1 is 1.47 bits per heavy atom. The number of aromatic nitrogens is 2. The fraction of sp³-hybridized carbons (Fsp3) is 0.846. The van der Waals surface area contributed by atoms with E-state index < -0.39 is 0 Å². The lowest BCUT2D eigenvalue weighted by Gasteiger charge is -2.02. The topological polar surface area (TPSA) is 64.9 Å². The maximum atomic E-state index is 5.71. The Hall–Kier alpha value is -0.900. The molecule has 1 aliphatic rings. The van der Waals surface area contributed by atoms with E-state index >= 15 is 0 Å². The van der Waals surface area contributed by atoms with Gasteiger partial charge in [-0.15, -0.1) is 0 Å². The Morgan fingerprint density at radius 2 is 2.29 bits per heavy atom. The smallest absolute Gasteiger partial charge is 0.226 e. The zero-order valence-corrected chi connectivity index (χ0v) is 10.9. The SMILES string of the molecule is CC(N)CCCc1nc(C2CCC(C)C2)no1. The standard InChI is InChI=1S/C13H23N3O/c1-9-6-7-11(8-9)13-15-12(17-16-13)5-3-4-10(2)14/h9-11H,3-8,14H2,1-2H3. The highest BCUT2D eigenvalue weighted by Crippen LogP contribution is 2.36. The fourth-order valence-corrected chi connectivity index (χ4v) is 2.55. The van der Waals surface area contributed by atoms with E-state index in [1.165, 1.54) is 19.3 Å². The Balaban J connectivity index is 1.83. The van der Waals surface area contributed by atoms with Gasteiger partial charge in [-0.1, -0.05) is 12.1 Å². The lowest BCUT2D eigenvalue weighted by atomic mass is 10.1. The van der Waals surface area contributed by atoms with E-state index in [2.05, 4.69) is 17.1 Å². The molecule has 96 valence electrons. The average molecular weight is 237 g/mol. The average Bonchev–Trinajstić information content (AvgIpc) is 2.86. The van der Waals surface area contributed by atoms with Crippen LogP contribution in [0.5, 0.6) is 0 Å². The van der Waals surface area contributed by atoms with Gasteiger partial charge in [-0.05, 0) is 44.9 Å². The van der Waals surface area contributed by atoms with Crippen LogP contribution in [-0.2, 0) is 6.42 Å². The minimum Gasteiger partial charge on any atom is -0.339 e. The van der Waals surface area contributed by atoms with Gasteiger partial charge in [-0.2, -0.15) is 4.98 Å². The monoisotopic (exact) mass is 237 g/mol. The lowest BCUT2D eigenvalue weighted by Crippen LogP contribution is -2.14. The van der Waals surface area contributed by atoms with Crippen molar-refractivity contribution in [3.05, 3.63) is 11.7 Å². The predicted octanol–water partition coefficient (Wildman–Crippen LogP) is 2.64. The quantitative estimate of drug-likeness (QED) is 0.855. The molecule has 0 radical (unpaired) electrons. The van der Waals surface area contributed by atoms with Crippen LogP contribution in [0.1, 0.15) is 63.6 Å². The molecule has 0 aliphatic heterocycles. The maximum Gasteiger partial charge on any atom is 0.226 e. The van der Waals surface area contributed by atoms with Crippen molar-refractivity contribution in [2.45, 2.75) is 64.3 Å². The van der Waals surface area contributed by atoms with Gasteiger partial charge in [-0.25, -0.2) is 0 Å². The number of nitrogens with two attached hydrogens (primary N) is 1. The third-order valence-corrected chi connectivity index (χ3v) is 3.59. The predicted molar refractivity (Wildman–Crippen MR) is 66.6 cm³/mol. The molecule has 0 spiro atoms.